The number of carbonyl (C=O) groups is 2. The molecule has 0 saturated carbocycles. The monoisotopic (exact) mass is 720 g/mol. The number of benzene rings is 2. The average Bonchev–Trinajstić information content (AvgIpc) is 3.06. The lowest BCUT2D eigenvalue weighted by Crippen LogP contribution is -2.33. The molecule has 0 heterocycles. The van der Waals surface area contributed by atoms with E-state index in [1.54, 1.807) is 0 Å². The summed E-state index contributed by atoms with van der Waals surface area (Å²) in [5, 5.41) is 11.3. The van der Waals surface area contributed by atoms with Gasteiger partial charge in [0.15, 0.2) is 0 Å². The quantitative estimate of drug-likeness (QED) is 0.0829. The predicted molar refractivity (Wildman–Crippen MR) is 209 cm³/mol. The lowest BCUT2D eigenvalue weighted by molar-refractivity contribution is -0.142. The Labute approximate surface area is 310 Å². The fourth-order valence-corrected chi connectivity index (χ4v) is 5.55. The molecule has 2 aromatic rings. The molecular weight excluding hydrogens is 652 g/mol. The molecule has 4 N–H and O–H groups in total. The van der Waals surface area contributed by atoms with E-state index in [0.717, 1.165) is 90.4 Å². The highest BCUT2D eigenvalue weighted by Gasteiger charge is 2.15. The van der Waals surface area contributed by atoms with Gasteiger partial charge in [0.1, 0.15) is 12.2 Å². The van der Waals surface area contributed by atoms with Crippen molar-refractivity contribution in [3.05, 3.63) is 70.8 Å². The first-order valence-electron chi connectivity index (χ1n) is 18.8. The molecule has 0 unspecified atom stereocenters. The molecule has 0 aliphatic heterocycles. The van der Waals surface area contributed by atoms with Crippen LogP contribution in [0.1, 0.15) is 127 Å². The second-order valence-electron chi connectivity index (χ2n) is 13.6. The van der Waals surface area contributed by atoms with Crippen LogP contribution in [-0.2, 0) is 44.7 Å². The zero-order valence-corrected chi connectivity index (χ0v) is 32.5. The topological polar surface area (TPSA) is 120 Å². The summed E-state index contributed by atoms with van der Waals surface area (Å²) in [7, 11) is 0. The van der Waals surface area contributed by atoms with Gasteiger partial charge in [-0.25, -0.2) is 9.59 Å². The average molecular weight is 721 g/mol. The van der Waals surface area contributed by atoms with Gasteiger partial charge < -0.3 is 30.4 Å². The maximum atomic E-state index is 11.6. The van der Waals surface area contributed by atoms with E-state index in [1.165, 1.54) is 54.4 Å². The lowest BCUT2D eigenvalue weighted by Gasteiger charge is -2.19. The first-order valence-corrected chi connectivity index (χ1v) is 18.8. The Morgan fingerprint density at radius 3 is 1.50 bits per heavy atom. The molecule has 0 saturated heterocycles. The van der Waals surface area contributed by atoms with Crippen LogP contribution in [0.4, 0.5) is 4.79 Å². The Kier molecular flexibility index (Phi) is 29.5. The highest BCUT2D eigenvalue weighted by Crippen LogP contribution is 2.17. The molecule has 1 amide bonds. The number of alkyl carbamates (subject to hydrolysis) is 1. The smallest absolute Gasteiger partial charge is 0.407 e. The molecule has 8 nitrogen and oxygen atoms in total. The molecule has 0 aliphatic rings. The first kappa shape index (κ1) is 47.4. The van der Waals surface area contributed by atoms with E-state index in [0.29, 0.717) is 13.2 Å². The van der Waals surface area contributed by atoms with Crippen molar-refractivity contribution >= 4 is 24.5 Å². The standard InChI is InChI=1S/C23H39NO3.C18H29NO3.ClH/c1-5-26-19-13-7-6-8-14-20-15-9-10-16-21(20)17-11-12-18-24-22(25)27-23(2,3)4;19-13-7-6-12-17-11-5-4-10-16(17)9-3-1-2-8-14-22-15-18(20)21;/h9-10,15-16H,5-8,11-14,17-19H2,1-4H3,(H,24,25);4-5,10-11H,1-3,6-9,12-15,19H2,(H,20,21);1H. The van der Waals surface area contributed by atoms with Crippen molar-refractivity contribution in [3.63, 3.8) is 0 Å². The molecule has 2 aromatic carbocycles. The molecule has 0 radical (unpaired) electrons. The number of hydrogen-bond acceptors (Lipinski definition) is 6. The van der Waals surface area contributed by atoms with Crippen LogP contribution in [0.2, 0.25) is 0 Å². The van der Waals surface area contributed by atoms with Crippen molar-refractivity contribution in [2.45, 2.75) is 136 Å². The Balaban J connectivity index is 0.000000960. The summed E-state index contributed by atoms with van der Waals surface area (Å²) in [5.74, 6) is -0.897. The number of hydrogen-bond donors (Lipinski definition) is 3. The molecule has 0 bridgehead atoms. The number of carbonyl (C=O) groups excluding carboxylic acids is 1. The first-order chi connectivity index (χ1) is 23.7. The summed E-state index contributed by atoms with van der Waals surface area (Å²) in [4.78, 5) is 21.9. The number of aryl methyl sites for hydroxylation is 4. The zero-order chi connectivity index (χ0) is 36.0. The number of carboxylic acid groups (broad SMARTS) is 1. The highest BCUT2D eigenvalue weighted by molar-refractivity contribution is 5.85. The summed E-state index contributed by atoms with van der Waals surface area (Å²) in [5.41, 5.74) is 11.0. The van der Waals surface area contributed by atoms with Crippen LogP contribution in [0.25, 0.3) is 0 Å². The number of nitrogens with two attached hydrogens (primary N) is 1. The molecule has 9 heteroatoms. The van der Waals surface area contributed by atoms with Gasteiger partial charge in [-0.1, -0.05) is 74.2 Å². The number of aliphatic carboxylic acids is 1. The van der Waals surface area contributed by atoms with Crippen molar-refractivity contribution in [1.29, 1.82) is 0 Å². The summed E-state index contributed by atoms with van der Waals surface area (Å²) >= 11 is 0. The van der Waals surface area contributed by atoms with Crippen molar-refractivity contribution in [2.24, 2.45) is 5.73 Å². The fraction of sp³-hybridized carbons (Fsp3) is 0.659. The van der Waals surface area contributed by atoms with Gasteiger partial charge in [0.25, 0.3) is 0 Å². The van der Waals surface area contributed by atoms with E-state index in [1.807, 2.05) is 27.7 Å². The van der Waals surface area contributed by atoms with Gasteiger partial charge in [-0.2, -0.15) is 0 Å². The van der Waals surface area contributed by atoms with Crippen molar-refractivity contribution < 1.29 is 28.9 Å². The number of ether oxygens (including phenoxy) is 3. The molecule has 0 aromatic heterocycles. The molecule has 50 heavy (non-hydrogen) atoms. The second-order valence-corrected chi connectivity index (χ2v) is 13.6. The number of nitrogens with one attached hydrogen (secondary N) is 1. The van der Waals surface area contributed by atoms with E-state index in [9.17, 15) is 9.59 Å². The van der Waals surface area contributed by atoms with Crippen molar-refractivity contribution in [1.82, 2.24) is 5.32 Å². The largest absolute Gasteiger partial charge is 0.480 e. The highest BCUT2D eigenvalue weighted by atomic mass is 35.5. The Hall–Kier alpha value is -2.65. The van der Waals surface area contributed by atoms with Gasteiger partial charge >= 0.3 is 12.1 Å². The fourth-order valence-electron chi connectivity index (χ4n) is 5.55. The van der Waals surface area contributed by atoms with Crippen LogP contribution in [-0.4, -0.2) is 62.3 Å². The zero-order valence-electron chi connectivity index (χ0n) is 31.6. The molecular formula is C41H69ClN2O6. The van der Waals surface area contributed by atoms with E-state index < -0.39 is 11.6 Å². The molecule has 0 fully saturated rings. The van der Waals surface area contributed by atoms with Crippen LogP contribution >= 0.6 is 12.4 Å². The van der Waals surface area contributed by atoms with Gasteiger partial charge in [-0.15, -0.1) is 12.4 Å². The van der Waals surface area contributed by atoms with E-state index >= 15 is 0 Å². The molecule has 0 spiro atoms. The maximum Gasteiger partial charge on any atom is 0.407 e. The maximum absolute atomic E-state index is 11.6. The van der Waals surface area contributed by atoms with Crippen molar-refractivity contribution in [3.8, 4) is 0 Å². The summed E-state index contributed by atoms with van der Waals surface area (Å²) in [6, 6.07) is 17.4. The van der Waals surface area contributed by atoms with Crippen LogP contribution in [0.15, 0.2) is 48.5 Å². The van der Waals surface area contributed by atoms with Gasteiger partial charge in [-0.3, -0.25) is 0 Å². The normalized spacial score (nSPS) is 10.9. The minimum absolute atomic E-state index is 0. The van der Waals surface area contributed by atoms with E-state index in [4.69, 9.17) is 25.1 Å². The SMILES string of the molecule is CCOCCCCCCc1ccccc1CCCCNC(=O)OC(C)(C)C.Cl.NCCCCc1ccccc1CCCCCCOCC(=O)O. The number of amides is 1. The molecule has 0 aliphatic carbocycles. The Morgan fingerprint density at radius 1 is 0.660 bits per heavy atom. The second kappa shape index (κ2) is 31.1. The Morgan fingerprint density at radius 2 is 1.08 bits per heavy atom. The molecule has 2 rings (SSSR count). The minimum atomic E-state index is -0.897. The third kappa shape index (κ3) is 27.1. The minimum Gasteiger partial charge on any atom is -0.480 e. The summed E-state index contributed by atoms with van der Waals surface area (Å²) in [6.45, 7) is 11.2. The molecule has 286 valence electrons. The molecule has 0 atom stereocenters. The third-order valence-corrected chi connectivity index (χ3v) is 8.08. The van der Waals surface area contributed by atoms with Gasteiger partial charge in [0.05, 0.1) is 0 Å². The predicted octanol–water partition coefficient (Wildman–Crippen LogP) is 9.27. The third-order valence-electron chi connectivity index (χ3n) is 8.08. The van der Waals surface area contributed by atoms with Crippen LogP contribution in [0.5, 0.6) is 0 Å². The van der Waals surface area contributed by atoms with Crippen LogP contribution in [0.3, 0.4) is 0 Å². The van der Waals surface area contributed by atoms with Gasteiger partial charge in [0.2, 0.25) is 0 Å². The number of carboxylic acids is 1. The number of rotatable bonds is 26. The van der Waals surface area contributed by atoms with Crippen LogP contribution < -0.4 is 11.1 Å². The van der Waals surface area contributed by atoms with Gasteiger partial charge in [-0.05, 0) is 134 Å². The number of halogens is 1. The van der Waals surface area contributed by atoms with Gasteiger partial charge in [0, 0.05) is 26.4 Å². The summed E-state index contributed by atoms with van der Waals surface area (Å²) in [6.07, 6.45) is 17.7. The lowest BCUT2D eigenvalue weighted by atomic mass is 9.97. The van der Waals surface area contributed by atoms with E-state index in [-0.39, 0.29) is 25.1 Å². The van der Waals surface area contributed by atoms with Crippen LogP contribution in [0, 0.1) is 0 Å². The number of unbranched alkanes of at least 4 members (excludes halogenated alkanes) is 8. The van der Waals surface area contributed by atoms with E-state index in [2.05, 4.69) is 53.8 Å². The Bertz CT molecular complexity index is 1120. The summed E-state index contributed by atoms with van der Waals surface area (Å²) < 4.78 is 15.7. The van der Waals surface area contributed by atoms with Crippen molar-refractivity contribution in [2.75, 3.05) is 39.5 Å².